The van der Waals surface area contributed by atoms with Crippen LogP contribution in [0.2, 0.25) is 0 Å². The Morgan fingerprint density at radius 1 is 1.00 bits per heavy atom. The van der Waals surface area contributed by atoms with E-state index < -0.39 is 24.3 Å². The van der Waals surface area contributed by atoms with Crippen molar-refractivity contribution in [3.05, 3.63) is 59.2 Å². The van der Waals surface area contributed by atoms with E-state index in [-0.39, 0.29) is 35.5 Å². The predicted molar refractivity (Wildman–Crippen MR) is 126 cm³/mol. The Labute approximate surface area is 209 Å². The fraction of sp³-hybridized carbons (Fsp3) is 0.400. The second kappa shape index (κ2) is 9.02. The molecule has 1 aliphatic heterocycles. The lowest BCUT2D eigenvalue weighted by atomic mass is 10.1. The van der Waals surface area contributed by atoms with Gasteiger partial charge >= 0.3 is 6.55 Å². The molecule has 12 heteroatoms. The molecule has 2 atom stereocenters. The van der Waals surface area contributed by atoms with Crippen LogP contribution in [0.15, 0.2) is 30.6 Å². The van der Waals surface area contributed by atoms with Gasteiger partial charge in [-0.05, 0) is 44.7 Å². The van der Waals surface area contributed by atoms with E-state index in [1.807, 2.05) is 4.90 Å². The van der Waals surface area contributed by atoms with Gasteiger partial charge in [-0.2, -0.15) is 18.9 Å². The number of nitrogens with zero attached hydrogens (tertiary/aromatic N) is 7. The van der Waals surface area contributed by atoms with Crippen LogP contribution in [0.25, 0.3) is 22.4 Å². The van der Waals surface area contributed by atoms with Crippen molar-refractivity contribution in [2.24, 2.45) is 5.92 Å². The monoisotopic (exact) mass is 513 g/mol. The van der Waals surface area contributed by atoms with Gasteiger partial charge in [0.25, 0.3) is 0 Å². The fourth-order valence-corrected chi connectivity index (χ4v) is 4.60. The van der Waals surface area contributed by atoms with Gasteiger partial charge < -0.3 is 9.64 Å². The third-order valence-electron chi connectivity index (χ3n) is 6.87. The molecule has 6 rings (SSSR count). The first-order valence-electron chi connectivity index (χ1n) is 12.0. The third kappa shape index (κ3) is 4.50. The van der Waals surface area contributed by atoms with Crippen LogP contribution in [0.5, 0.6) is 0 Å². The topological polar surface area (TPSA) is 81.9 Å². The highest BCUT2D eigenvalue weighted by atomic mass is 19.3. The maximum Gasteiger partial charge on any atom is 0.333 e. The van der Waals surface area contributed by atoms with Gasteiger partial charge in [-0.1, -0.05) is 0 Å². The van der Waals surface area contributed by atoms with E-state index in [9.17, 15) is 17.6 Å². The summed E-state index contributed by atoms with van der Waals surface area (Å²) in [6.45, 7) is 1.57. The van der Waals surface area contributed by atoms with Gasteiger partial charge in [-0.15, -0.1) is 0 Å². The average molecular weight is 513 g/mol. The number of morpholine rings is 1. The molecule has 1 saturated carbocycles. The van der Waals surface area contributed by atoms with Crippen molar-refractivity contribution in [1.82, 2.24) is 29.7 Å². The summed E-state index contributed by atoms with van der Waals surface area (Å²) in [5.41, 5.74) is 2.69. The van der Waals surface area contributed by atoms with Gasteiger partial charge in [0.1, 0.15) is 28.9 Å². The number of aryl methyl sites for hydroxylation is 2. The van der Waals surface area contributed by atoms with Crippen LogP contribution >= 0.6 is 0 Å². The smallest absolute Gasteiger partial charge is 0.333 e. The maximum absolute atomic E-state index is 14.9. The van der Waals surface area contributed by atoms with Crippen molar-refractivity contribution in [1.29, 1.82) is 0 Å². The van der Waals surface area contributed by atoms with Crippen molar-refractivity contribution in [3.63, 3.8) is 0 Å². The van der Waals surface area contributed by atoms with E-state index in [1.165, 1.54) is 18.5 Å². The molecule has 0 spiro atoms. The minimum absolute atomic E-state index is 0.0781. The Kier molecular flexibility index (Phi) is 5.78. The quantitative estimate of drug-likeness (QED) is 0.350. The molecule has 0 N–H and O–H groups in total. The summed E-state index contributed by atoms with van der Waals surface area (Å²) in [5, 5.41) is 3.75. The third-order valence-corrected chi connectivity index (χ3v) is 6.87. The van der Waals surface area contributed by atoms with E-state index >= 15 is 0 Å². The number of fused-ring (bicyclic) bond motifs is 1. The summed E-state index contributed by atoms with van der Waals surface area (Å²) in [6, 6.07) is 3.28. The molecule has 8 nitrogen and oxygen atoms in total. The highest BCUT2D eigenvalue weighted by molar-refractivity contribution is 5.88. The number of rotatable bonds is 5. The van der Waals surface area contributed by atoms with E-state index in [1.54, 1.807) is 13.8 Å². The van der Waals surface area contributed by atoms with Gasteiger partial charge in [-0.25, -0.2) is 28.4 Å². The summed E-state index contributed by atoms with van der Waals surface area (Å²) >= 11 is 0. The molecule has 2 aliphatic rings. The van der Waals surface area contributed by atoms with Crippen LogP contribution in [0, 0.1) is 31.4 Å². The number of halogens is 4. The molecule has 192 valence electrons. The molecular formula is C25H23F4N7O. The van der Waals surface area contributed by atoms with E-state index in [0.29, 0.717) is 39.6 Å². The van der Waals surface area contributed by atoms with Crippen LogP contribution in [-0.4, -0.2) is 48.9 Å². The Balaban J connectivity index is 1.45. The van der Waals surface area contributed by atoms with Crippen LogP contribution in [-0.2, 0) is 4.74 Å². The van der Waals surface area contributed by atoms with Crippen molar-refractivity contribution >= 4 is 17.1 Å². The number of ether oxygens (including phenoxy) is 1. The molecule has 37 heavy (non-hydrogen) atoms. The largest absolute Gasteiger partial charge is 0.366 e. The fourth-order valence-electron chi connectivity index (χ4n) is 4.60. The highest BCUT2D eigenvalue weighted by Crippen LogP contribution is 2.40. The molecule has 1 aliphatic carbocycles. The van der Waals surface area contributed by atoms with E-state index in [4.69, 9.17) is 4.74 Å². The number of anilines is 1. The SMILES string of the molecule is Cc1nc2nc(N3C[C@@H](c4cnn(C(F)F)c4)O[C@H](C4CC4)C3)nc(-c3ccc(F)cc3F)c2nc1C. The number of alkyl halides is 2. The van der Waals surface area contributed by atoms with Crippen LogP contribution in [0.4, 0.5) is 23.5 Å². The summed E-state index contributed by atoms with van der Waals surface area (Å²) in [7, 11) is 0. The molecule has 2 fully saturated rings. The molecule has 4 heterocycles. The zero-order chi connectivity index (χ0) is 25.8. The second-order valence-electron chi connectivity index (χ2n) is 9.50. The van der Waals surface area contributed by atoms with E-state index in [2.05, 4.69) is 25.0 Å². The van der Waals surface area contributed by atoms with Crippen LogP contribution in [0.3, 0.4) is 0 Å². The van der Waals surface area contributed by atoms with Crippen molar-refractivity contribution in [3.8, 4) is 11.3 Å². The number of hydrogen-bond donors (Lipinski definition) is 0. The highest BCUT2D eigenvalue weighted by Gasteiger charge is 2.40. The number of hydrogen-bond acceptors (Lipinski definition) is 7. The molecule has 1 aromatic carbocycles. The van der Waals surface area contributed by atoms with Crippen molar-refractivity contribution < 1.29 is 22.3 Å². The van der Waals surface area contributed by atoms with E-state index in [0.717, 1.165) is 25.0 Å². The zero-order valence-electron chi connectivity index (χ0n) is 20.1. The molecule has 1 saturated heterocycles. The Hall–Kier alpha value is -3.67. The average Bonchev–Trinajstić information content (AvgIpc) is 3.60. The van der Waals surface area contributed by atoms with Crippen LogP contribution in [0.1, 0.15) is 42.4 Å². The molecule has 4 aromatic rings. The van der Waals surface area contributed by atoms with Gasteiger partial charge in [0.2, 0.25) is 5.95 Å². The summed E-state index contributed by atoms with van der Waals surface area (Å²) in [5.74, 6) is -0.856. The van der Waals surface area contributed by atoms with Crippen molar-refractivity contribution in [2.45, 2.75) is 45.4 Å². The minimum Gasteiger partial charge on any atom is -0.366 e. The lowest BCUT2D eigenvalue weighted by Crippen LogP contribution is -2.45. The first kappa shape index (κ1) is 23.7. The Bertz CT molecular complexity index is 1490. The number of aromatic nitrogens is 6. The lowest BCUT2D eigenvalue weighted by molar-refractivity contribution is -0.0391. The first-order chi connectivity index (χ1) is 17.8. The molecule has 0 amide bonds. The lowest BCUT2D eigenvalue weighted by Gasteiger charge is -2.38. The molecule has 0 unspecified atom stereocenters. The molecule has 3 aromatic heterocycles. The van der Waals surface area contributed by atoms with Gasteiger partial charge in [0.15, 0.2) is 5.65 Å². The standard InChI is InChI=1S/C25H23F4N7O/c1-12-13(2)32-23-22(31-12)21(17-6-5-16(26)7-18(17)27)33-25(34-23)35-10-19(14-3-4-14)37-20(11-35)15-8-30-36(9-15)24(28)29/h5-9,14,19-20,24H,3-4,10-11H2,1-2H3/t19-,20-/m0/s1. The van der Waals surface area contributed by atoms with Crippen molar-refractivity contribution in [2.75, 3.05) is 18.0 Å². The molecule has 0 radical (unpaired) electrons. The summed E-state index contributed by atoms with van der Waals surface area (Å²) < 4.78 is 61.7. The van der Waals surface area contributed by atoms with Gasteiger partial charge in [0, 0.05) is 29.9 Å². The second-order valence-corrected chi connectivity index (χ2v) is 9.50. The number of benzene rings is 1. The molecular weight excluding hydrogens is 490 g/mol. The molecule has 0 bridgehead atoms. The predicted octanol–water partition coefficient (Wildman–Crippen LogP) is 4.93. The Morgan fingerprint density at radius 3 is 2.49 bits per heavy atom. The zero-order valence-corrected chi connectivity index (χ0v) is 20.1. The maximum atomic E-state index is 14.9. The minimum atomic E-state index is -2.75. The Morgan fingerprint density at radius 2 is 1.78 bits per heavy atom. The first-order valence-corrected chi connectivity index (χ1v) is 12.0. The van der Waals surface area contributed by atoms with Crippen LogP contribution < -0.4 is 4.90 Å². The normalized spacial score (nSPS) is 20.2. The summed E-state index contributed by atoms with van der Waals surface area (Å²) in [4.78, 5) is 20.4. The van der Waals surface area contributed by atoms with Gasteiger partial charge in [0.05, 0.1) is 30.2 Å². The summed E-state index contributed by atoms with van der Waals surface area (Å²) in [6.07, 6.45) is 3.98. The van der Waals surface area contributed by atoms with Gasteiger partial charge in [-0.3, -0.25) is 0 Å².